The number of hydrogen-bond donors (Lipinski definition) is 1. The molecule has 0 bridgehead atoms. The quantitative estimate of drug-likeness (QED) is 0.177. The summed E-state index contributed by atoms with van der Waals surface area (Å²) in [7, 11) is -2.81. The summed E-state index contributed by atoms with van der Waals surface area (Å²) in [6.45, 7) is 8.91. The van der Waals surface area contributed by atoms with Gasteiger partial charge in [0.05, 0.1) is 23.1 Å². The predicted octanol–water partition coefficient (Wildman–Crippen LogP) is 8.26. The minimum absolute atomic E-state index is 0.0141. The van der Waals surface area contributed by atoms with Gasteiger partial charge < -0.3 is 23.8 Å². The van der Waals surface area contributed by atoms with E-state index < -0.39 is 21.8 Å². The number of sulfonamides is 1. The Morgan fingerprint density at radius 1 is 0.929 bits per heavy atom. The molecule has 2 atom stereocenters. The number of carbonyl (C=O) groups excluding carboxylic acids is 3. The Bertz CT molecular complexity index is 2230. The van der Waals surface area contributed by atoms with E-state index in [2.05, 4.69) is 4.72 Å². The van der Waals surface area contributed by atoms with E-state index in [9.17, 15) is 22.8 Å². The number of hydrogen-bond acceptors (Lipinski definition) is 7. The lowest BCUT2D eigenvalue weighted by Gasteiger charge is -2.39. The lowest BCUT2D eigenvalue weighted by Crippen LogP contribution is -2.50. The molecule has 0 radical (unpaired) electrons. The first kappa shape index (κ1) is 41.4. The highest BCUT2D eigenvalue weighted by atomic mass is 35.5. The molecule has 1 N–H and O–H groups in total. The highest BCUT2D eigenvalue weighted by Crippen LogP contribution is 2.33. The second-order valence-corrected chi connectivity index (χ2v) is 17.5. The summed E-state index contributed by atoms with van der Waals surface area (Å²) in [6, 6.07) is 13.0. The number of ether oxygens (including phenoxy) is 2. The average Bonchev–Trinajstić information content (AvgIpc) is 3.43. The fourth-order valence-corrected chi connectivity index (χ4v) is 9.26. The maximum atomic E-state index is 14.1. The highest BCUT2D eigenvalue weighted by Gasteiger charge is 2.35. The molecule has 300 valence electrons. The summed E-state index contributed by atoms with van der Waals surface area (Å²) < 4.78 is 44.7. The maximum Gasteiger partial charge on any atom is 0.281 e. The van der Waals surface area contributed by atoms with Crippen LogP contribution >= 0.6 is 23.2 Å². The van der Waals surface area contributed by atoms with Gasteiger partial charge in [-0.25, -0.2) is 13.1 Å². The average molecular weight is 826 g/mol. The zero-order valence-electron chi connectivity index (χ0n) is 32.6. The van der Waals surface area contributed by atoms with Crippen molar-refractivity contribution in [1.82, 2.24) is 19.1 Å². The molecule has 4 aromatic rings. The van der Waals surface area contributed by atoms with Crippen LogP contribution in [0.1, 0.15) is 95.8 Å². The van der Waals surface area contributed by atoms with Crippen molar-refractivity contribution in [3.8, 4) is 11.5 Å². The van der Waals surface area contributed by atoms with Gasteiger partial charge in [0.15, 0.2) is 0 Å². The molecular formula is C42H50Cl2N4O7S. The summed E-state index contributed by atoms with van der Waals surface area (Å²) in [4.78, 5) is 44.0. The van der Waals surface area contributed by atoms with Crippen molar-refractivity contribution in [3.63, 3.8) is 0 Å². The molecule has 1 aliphatic carbocycles. The van der Waals surface area contributed by atoms with E-state index in [-0.39, 0.29) is 40.0 Å². The standard InChI is InChI=1S/C42H50Cl2N4O7S/c1-26-22-31(23-27(2)39(26)44)54-21-11-20-48-35-16-14-30(43)24-33(35)28(3)40(48)41(50)45-56(52,53)32-15-17-37-34(25-32)42(51)46(5)18-9-6-10-19-47(29(4)49)36-12-7-8-13-38(36)55-37/h14-17,22-25,36,38H,6-13,18-21H2,1-5H3,(H,45,50)/t36-,38+/m1/s1. The van der Waals surface area contributed by atoms with Crippen LogP contribution in [0.25, 0.3) is 10.9 Å². The van der Waals surface area contributed by atoms with Crippen LogP contribution in [-0.2, 0) is 21.4 Å². The highest BCUT2D eigenvalue weighted by molar-refractivity contribution is 7.90. The molecule has 6 rings (SSSR count). The van der Waals surface area contributed by atoms with Crippen molar-refractivity contribution in [2.24, 2.45) is 0 Å². The molecule has 1 fully saturated rings. The molecule has 0 spiro atoms. The number of amides is 3. The summed E-state index contributed by atoms with van der Waals surface area (Å²) in [5.74, 6) is -0.301. The van der Waals surface area contributed by atoms with E-state index in [0.717, 1.165) is 60.6 Å². The summed E-state index contributed by atoms with van der Waals surface area (Å²) in [5, 5.41) is 1.89. The molecule has 0 unspecified atom stereocenters. The van der Waals surface area contributed by atoms with Gasteiger partial charge in [0.2, 0.25) is 5.91 Å². The first-order valence-corrected chi connectivity index (χ1v) is 21.5. The number of aromatic nitrogens is 1. The van der Waals surface area contributed by atoms with Gasteiger partial charge in [0.1, 0.15) is 23.3 Å². The van der Waals surface area contributed by atoms with Gasteiger partial charge in [-0.15, -0.1) is 0 Å². The van der Waals surface area contributed by atoms with Gasteiger partial charge in [-0.3, -0.25) is 14.4 Å². The smallest absolute Gasteiger partial charge is 0.281 e. The van der Waals surface area contributed by atoms with Gasteiger partial charge in [0.25, 0.3) is 21.8 Å². The third kappa shape index (κ3) is 8.98. The number of nitrogens with zero attached hydrogens (tertiary/aromatic N) is 3. The van der Waals surface area contributed by atoms with Crippen LogP contribution < -0.4 is 14.2 Å². The summed E-state index contributed by atoms with van der Waals surface area (Å²) in [5.41, 5.74) is 3.35. The Morgan fingerprint density at radius 3 is 2.38 bits per heavy atom. The summed E-state index contributed by atoms with van der Waals surface area (Å²) in [6.07, 6.45) is 5.83. The Hall–Kier alpha value is -4.26. The van der Waals surface area contributed by atoms with Crippen molar-refractivity contribution in [2.45, 2.75) is 103 Å². The van der Waals surface area contributed by atoms with Crippen LogP contribution in [0.3, 0.4) is 0 Å². The van der Waals surface area contributed by atoms with Crippen LogP contribution in [-0.4, -0.2) is 79.4 Å². The van der Waals surface area contributed by atoms with Gasteiger partial charge in [-0.05, 0) is 131 Å². The Kier molecular flexibility index (Phi) is 12.9. The van der Waals surface area contributed by atoms with E-state index in [1.165, 1.54) is 18.2 Å². The molecule has 3 amide bonds. The van der Waals surface area contributed by atoms with Crippen LogP contribution in [0.4, 0.5) is 0 Å². The molecule has 0 saturated heterocycles. The van der Waals surface area contributed by atoms with Crippen molar-refractivity contribution in [2.75, 3.05) is 26.7 Å². The second-order valence-electron chi connectivity index (χ2n) is 15.0. The predicted molar refractivity (Wildman–Crippen MR) is 219 cm³/mol. The second kappa shape index (κ2) is 17.5. The topological polar surface area (TPSA) is 127 Å². The lowest BCUT2D eigenvalue weighted by molar-refractivity contribution is -0.134. The van der Waals surface area contributed by atoms with Gasteiger partial charge in [-0.2, -0.15) is 0 Å². The zero-order chi connectivity index (χ0) is 40.3. The van der Waals surface area contributed by atoms with Crippen molar-refractivity contribution < 1.29 is 32.3 Å². The SMILES string of the molecule is CC(=O)N1CCCCCN(C)C(=O)c2cc(S(=O)(=O)NC(=O)c3c(C)c4cc(Cl)ccc4n3CCCOc3cc(C)c(Cl)c(C)c3)ccc2O[C@H]2CCCC[C@H]21. The molecule has 56 heavy (non-hydrogen) atoms. The van der Waals surface area contributed by atoms with E-state index in [1.54, 1.807) is 42.5 Å². The lowest BCUT2D eigenvalue weighted by atomic mass is 9.90. The number of aryl methyl sites for hydroxylation is 4. The first-order valence-electron chi connectivity index (χ1n) is 19.2. The van der Waals surface area contributed by atoms with Crippen LogP contribution in [0, 0.1) is 20.8 Å². The van der Waals surface area contributed by atoms with Gasteiger partial charge in [0, 0.05) is 54.6 Å². The largest absolute Gasteiger partial charge is 0.494 e. The molecule has 14 heteroatoms. The Labute approximate surface area is 339 Å². The number of benzene rings is 3. The zero-order valence-corrected chi connectivity index (χ0v) is 35.0. The van der Waals surface area contributed by atoms with E-state index in [1.807, 2.05) is 36.9 Å². The fraction of sp³-hybridized carbons (Fsp3) is 0.452. The fourth-order valence-electron chi connectivity index (χ4n) is 8.00. The van der Waals surface area contributed by atoms with E-state index >= 15 is 0 Å². The maximum absolute atomic E-state index is 14.1. The number of carbonyl (C=O) groups is 3. The Morgan fingerprint density at radius 2 is 1.64 bits per heavy atom. The number of halogens is 2. The summed E-state index contributed by atoms with van der Waals surface area (Å²) >= 11 is 12.7. The van der Waals surface area contributed by atoms with Crippen LogP contribution in [0.5, 0.6) is 11.5 Å². The molecule has 1 saturated carbocycles. The molecule has 2 heterocycles. The third-order valence-electron chi connectivity index (χ3n) is 10.9. The van der Waals surface area contributed by atoms with E-state index in [0.29, 0.717) is 60.4 Å². The third-order valence-corrected chi connectivity index (χ3v) is 13.1. The first-order chi connectivity index (χ1) is 26.7. The van der Waals surface area contributed by atoms with Crippen molar-refractivity contribution >= 4 is 61.8 Å². The molecule has 1 aliphatic heterocycles. The normalized spacial score (nSPS) is 18.2. The van der Waals surface area contributed by atoms with Crippen molar-refractivity contribution in [1.29, 1.82) is 0 Å². The molecule has 1 aromatic heterocycles. The molecule has 2 aliphatic rings. The van der Waals surface area contributed by atoms with Gasteiger partial charge in [-0.1, -0.05) is 29.6 Å². The van der Waals surface area contributed by atoms with Crippen molar-refractivity contribution in [3.05, 3.63) is 86.5 Å². The monoisotopic (exact) mass is 824 g/mol. The Balaban J connectivity index is 1.28. The molecule has 11 nitrogen and oxygen atoms in total. The molecular weight excluding hydrogens is 775 g/mol. The van der Waals surface area contributed by atoms with Gasteiger partial charge >= 0.3 is 0 Å². The number of nitrogens with one attached hydrogen (secondary N) is 1. The number of fused-ring (bicyclic) bond motifs is 3. The minimum Gasteiger partial charge on any atom is -0.494 e. The van der Waals surface area contributed by atoms with Crippen LogP contribution in [0.2, 0.25) is 10.0 Å². The number of rotatable bonds is 8. The molecule has 3 aromatic carbocycles. The van der Waals surface area contributed by atoms with Crippen LogP contribution in [0.15, 0.2) is 53.4 Å². The van der Waals surface area contributed by atoms with E-state index in [4.69, 9.17) is 32.7 Å². The minimum atomic E-state index is -4.49.